The van der Waals surface area contributed by atoms with E-state index < -0.39 is 0 Å². The van der Waals surface area contributed by atoms with Crippen LogP contribution in [0.5, 0.6) is 0 Å². The van der Waals surface area contributed by atoms with Gasteiger partial charge in [0.15, 0.2) is 0 Å². The maximum atomic E-state index is 12.7. The van der Waals surface area contributed by atoms with Gasteiger partial charge in [0, 0.05) is 37.8 Å². The lowest BCUT2D eigenvalue weighted by molar-refractivity contribution is -0.127. The summed E-state index contributed by atoms with van der Waals surface area (Å²) in [5.41, 5.74) is 1.37. The lowest BCUT2D eigenvalue weighted by atomic mass is 10.1. The van der Waals surface area contributed by atoms with Crippen LogP contribution < -0.4 is 0 Å². The predicted molar refractivity (Wildman–Crippen MR) is 99.4 cm³/mol. The molecule has 9 nitrogen and oxygen atoms in total. The van der Waals surface area contributed by atoms with Gasteiger partial charge in [-0.2, -0.15) is 0 Å². The van der Waals surface area contributed by atoms with Crippen molar-refractivity contribution in [3.8, 4) is 5.69 Å². The van der Waals surface area contributed by atoms with Gasteiger partial charge >= 0.3 is 0 Å². The number of hydrogen-bond acceptors (Lipinski definition) is 6. The molecule has 0 radical (unpaired) electrons. The van der Waals surface area contributed by atoms with Crippen LogP contribution in [0.2, 0.25) is 0 Å². The minimum atomic E-state index is -0.0886. The van der Waals surface area contributed by atoms with E-state index >= 15 is 0 Å². The molecule has 142 valence electrons. The Morgan fingerprint density at radius 3 is 2.39 bits per heavy atom. The van der Waals surface area contributed by atoms with E-state index in [2.05, 4.69) is 15.5 Å². The third-order valence-corrected chi connectivity index (χ3v) is 4.54. The molecule has 1 aliphatic rings. The summed E-state index contributed by atoms with van der Waals surface area (Å²) in [6, 6.07) is 10.6. The Morgan fingerprint density at radius 1 is 1.00 bits per heavy atom. The van der Waals surface area contributed by atoms with Crippen LogP contribution >= 0.6 is 0 Å². The monoisotopic (exact) mass is 378 g/mol. The number of hydrogen-bond donors (Lipinski definition) is 0. The second-order valence-corrected chi connectivity index (χ2v) is 6.27. The van der Waals surface area contributed by atoms with Crippen LogP contribution in [0.3, 0.4) is 0 Å². The molecule has 1 aliphatic heterocycles. The zero-order valence-electron chi connectivity index (χ0n) is 15.0. The van der Waals surface area contributed by atoms with Crippen LogP contribution in [-0.4, -0.2) is 68.0 Å². The van der Waals surface area contributed by atoms with Gasteiger partial charge in [-0.25, -0.2) is 4.68 Å². The third-order valence-electron chi connectivity index (χ3n) is 4.54. The van der Waals surface area contributed by atoms with Crippen LogP contribution in [0.1, 0.15) is 16.1 Å². The van der Waals surface area contributed by atoms with Gasteiger partial charge in [-0.1, -0.05) is 0 Å². The summed E-state index contributed by atoms with van der Waals surface area (Å²) in [6.07, 6.45) is 6.19. The highest BCUT2D eigenvalue weighted by atomic mass is 16.3. The van der Waals surface area contributed by atoms with Gasteiger partial charge in [0.1, 0.15) is 12.1 Å². The highest BCUT2D eigenvalue weighted by Crippen LogP contribution is 2.13. The first-order chi connectivity index (χ1) is 13.7. The smallest absolute Gasteiger partial charge is 0.253 e. The second kappa shape index (κ2) is 7.87. The standard InChI is InChI=1S/C19H18N6O3/c26-18(8-7-17-2-1-13-28-17)23-9-11-24(12-10-23)19(27)15-3-5-16(6-4-15)25-14-20-21-22-25/h1-8,13-14H,9-12H2/b8-7+. The van der Waals surface area contributed by atoms with E-state index in [0.29, 0.717) is 37.5 Å². The van der Waals surface area contributed by atoms with Gasteiger partial charge in [0.05, 0.1) is 12.0 Å². The lowest BCUT2D eigenvalue weighted by Crippen LogP contribution is -2.50. The van der Waals surface area contributed by atoms with Crippen molar-refractivity contribution in [2.24, 2.45) is 0 Å². The largest absolute Gasteiger partial charge is 0.465 e. The van der Waals surface area contributed by atoms with Crippen molar-refractivity contribution in [3.05, 3.63) is 66.4 Å². The minimum absolute atomic E-state index is 0.0542. The van der Waals surface area contributed by atoms with Crippen LogP contribution in [0, 0.1) is 0 Å². The van der Waals surface area contributed by atoms with Gasteiger partial charge in [0.25, 0.3) is 5.91 Å². The first-order valence-corrected chi connectivity index (χ1v) is 8.84. The maximum absolute atomic E-state index is 12.7. The number of benzene rings is 1. The molecule has 1 fully saturated rings. The fourth-order valence-corrected chi connectivity index (χ4v) is 2.99. The predicted octanol–water partition coefficient (Wildman–Crippen LogP) is 1.25. The number of carbonyl (C=O) groups is 2. The number of rotatable bonds is 4. The molecule has 3 aromatic rings. The van der Waals surface area contributed by atoms with E-state index in [1.165, 1.54) is 17.1 Å². The van der Waals surface area contributed by atoms with E-state index in [9.17, 15) is 9.59 Å². The van der Waals surface area contributed by atoms with E-state index in [4.69, 9.17) is 4.42 Å². The van der Waals surface area contributed by atoms with Crippen LogP contribution in [0.4, 0.5) is 0 Å². The zero-order chi connectivity index (χ0) is 19.3. The number of piperazine rings is 1. The van der Waals surface area contributed by atoms with Crippen molar-refractivity contribution in [2.75, 3.05) is 26.2 Å². The quantitative estimate of drug-likeness (QED) is 0.634. The molecule has 0 spiro atoms. The number of nitrogens with zero attached hydrogens (tertiary/aromatic N) is 6. The molecule has 0 saturated carbocycles. The Hall–Kier alpha value is -3.75. The van der Waals surface area contributed by atoms with Crippen molar-refractivity contribution in [1.82, 2.24) is 30.0 Å². The molecule has 3 heterocycles. The zero-order valence-corrected chi connectivity index (χ0v) is 15.0. The maximum Gasteiger partial charge on any atom is 0.253 e. The molecule has 0 aliphatic carbocycles. The van der Waals surface area contributed by atoms with Crippen LogP contribution in [-0.2, 0) is 4.79 Å². The summed E-state index contributed by atoms with van der Waals surface area (Å²) in [5.74, 6) is 0.489. The van der Waals surface area contributed by atoms with E-state index in [1.54, 1.807) is 58.5 Å². The molecule has 2 amide bonds. The van der Waals surface area contributed by atoms with E-state index in [0.717, 1.165) is 5.69 Å². The Bertz CT molecular complexity index is 956. The molecule has 0 atom stereocenters. The van der Waals surface area contributed by atoms with Crippen molar-refractivity contribution in [3.63, 3.8) is 0 Å². The van der Waals surface area contributed by atoms with Crippen molar-refractivity contribution >= 4 is 17.9 Å². The summed E-state index contributed by atoms with van der Waals surface area (Å²) < 4.78 is 6.70. The number of carbonyl (C=O) groups excluding carboxylic acids is 2. The van der Waals surface area contributed by atoms with Gasteiger partial charge in [-0.05, 0) is 52.9 Å². The Morgan fingerprint density at radius 2 is 1.75 bits per heavy atom. The van der Waals surface area contributed by atoms with Gasteiger partial charge in [-0.15, -0.1) is 5.10 Å². The summed E-state index contributed by atoms with van der Waals surface area (Å²) in [5, 5.41) is 11.0. The summed E-state index contributed by atoms with van der Waals surface area (Å²) in [6.45, 7) is 1.98. The van der Waals surface area contributed by atoms with Crippen molar-refractivity contribution in [1.29, 1.82) is 0 Å². The highest BCUT2D eigenvalue weighted by Gasteiger charge is 2.24. The topological polar surface area (TPSA) is 97.4 Å². The van der Waals surface area contributed by atoms with E-state index in [1.807, 2.05) is 0 Å². The second-order valence-electron chi connectivity index (χ2n) is 6.27. The Labute approximate surface area is 160 Å². The van der Waals surface area contributed by atoms with Crippen LogP contribution in [0.15, 0.2) is 59.5 Å². The average molecular weight is 378 g/mol. The summed E-state index contributed by atoms with van der Waals surface area (Å²) in [4.78, 5) is 28.5. The molecule has 1 saturated heterocycles. The molecule has 1 aromatic carbocycles. The fourth-order valence-electron chi connectivity index (χ4n) is 2.99. The van der Waals surface area contributed by atoms with Gasteiger partial charge in [-0.3, -0.25) is 9.59 Å². The normalized spacial score (nSPS) is 14.6. The molecular formula is C19H18N6O3. The highest BCUT2D eigenvalue weighted by molar-refractivity contribution is 5.95. The number of furan rings is 1. The third kappa shape index (κ3) is 3.83. The molecule has 4 rings (SSSR count). The lowest BCUT2D eigenvalue weighted by Gasteiger charge is -2.34. The number of tetrazole rings is 1. The van der Waals surface area contributed by atoms with Gasteiger partial charge < -0.3 is 14.2 Å². The number of amides is 2. The SMILES string of the molecule is O=C(/C=C/c1ccco1)N1CCN(C(=O)c2ccc(-n3cnnn3)cc2)CC1. The summed E-state index contributed by atoms with van der Waals surface area (Å²) >= 11 is 0. The molecule has 0 unspecified atom stereocenters. The summed E-state index contributed by atoms with van der Waals surface area (Å²) in [7, 11) is 0. The molecule has 2 aromatic heterocycles. The first-order valence-electron chi connectivity index (χ1n) is 8.84. The molecule has 28 heavy (non-hydrogen) atoms. The minimum Gasteiger partial charge on any atom is -0.465 e. The Balaban J connectivity index is 1.33. The number of aromatic nitrogens is 4. The van der Waals surface area contributed by atoms with Crippen molar-refractivity contribution in [2.45, 2.75) is 0 Å². The molecule has 0 bridgehead atoms. The first kappa shape index (κ1) is 17.7. The molecule has 9 heteroatoms. The Kier molecular flexibility index (Phi) is 4.96. The fraction of sp³-hybridized carbons (Fsp3) is 0.211. The average Bonchev–Trinajstić information content (AvgIpc) is 3.46. The van der Waals surface area contributed by atoms with Gasteiger partial charge in [0.2, 0.25) is 5.91 Å². The van der Waals surface area contributed by atoms with Crippen molar-refractivity contribution < 1.29 is 14.0 Å². The van der Waals surface area contributed by atoms with E-state index in [-0.39, 0.29) is 11.8 Å². The van der Waals surface area contributed by atoms with Crippen LogP contribution in [0.25, 0.3) is 11.8 Å². The molecule has 0 N–H and O–H groups in total. The molecular weight excluding hydrogens is 360 g/mol.